The van der Waals surface area contributed by atoms with Gasteiger partial charge in [0, 0.05) is 24.5 Å². The van der Waals surface area contributed by atoms with Crippen LogP contribution in [-0.4, -0.2) is 44.3 Å². The lowest BCUT2D eigenvalue weighted by atomic mass is 9.85. The van der Waals surface area contributed by atoms with E-state index in [1.807, 2.05) is 4.68 Å². The van der Waals surface area contributed by atoms with Crippen molar-refractivity contribution < 1.29 is 0 Å². The van der Waals surface area contributed by atoms with Crippen molar-refractivity contribution in [2.24, 2.45) is 11.7 Å². The Bertz CT molecular complexity index is 411. The fraction of sp³-hybridized carbons (Fsp3) is 0.875. The van der Waals surface area contributed by atoms with Gasteiger partial charge in [-0.15, -0.1) is 0 Å². The molecule has 5 heteroatoms. The molecule has 0 amide bonds. The Kier molecular flexibility index (Phi) is 6.81. The predicted molar refractivity (Wildman–Crippen MR) is 88.2 cm³/mol. The molecule has 0 saturated heterocycles. The van der Waals surface area contributed by atoms with Gasteiger partial charge in [0.05, 0.1) is 0 Å². The molecule has 0 aliphatic heterocycles. The molecule has 0 bridgehead atoms. The van der Waals surface area contributed by atoms with E-state index in [1.165, 1.54) is 0 Å². The Hall–Kier alpha value is -0.940. The summed E-state index contributed by atoms with van der Waals surface area (Å²) in [6.45, 7) is 16.2. The molecule has 1 aromatic heterocycles. The monoisotopic (exact) mass is 295 g/mol. The minimum Gasteiger partial charge on any atom is -0.326 e. The molecule has 122 valence electrons. The first-order chi connectivity index (χ1) is 9.88. The summed E-state index contributed by atoms with van der Waals surface area (Å²) < 4.78 is 2.00. The van der Waals surface area contributed by atoms with Gasteiger partial charge in [0.1, 0.15) is 12.2 Å². The van der Waals surface area contributed by atoms with E-state index < -0.39 is 0 Å². The van der Waals surface area contributed by atoms with Crippen LogP contribution in [0.1, 0.15) is 53.8 Å². The third kappa shape index (κ3) is 4.27. The highest BCUT2D eigenvalue weighted by molar-refractivity contribution is 5.00. The lowest BCUT2D eigenvalue weighted by molar-refractivity contribution is 0.0833. The molecule has 2 unspecified atom stereocenters. The minimum atomic E-state index is -0.00187. The molecular weight excluding hydrogens is 262 g/mol. The van der Waals surface area contributed by atoms with Crippen LogP contribution >= 0.6 is 0 Å². The van der Waals surface area contributed by atoms with E-state index in [2.05, 4.69) is 56.5 Å². The molecule has 0 radical (unpaired) electrons. The first kappa shape index (κ1) is 18.1. The topological polar surface area (TPSA) is 60.0 Å². The summed E-state index contributed by atoms with van der Waals surface area (Å²) in [7, 11) is 0. The molecule has 0 aliphatic carbocycles. The summed E-state index contributed by atoms with van der Waals surface area (Å²) in [5.41, 5.74) is 6.58. The molecule has 1 heterocycles. The molecule has 0 spiro atoms. The van der Waals surface area contributed by atoms with Crippen molar-refractivity contribution in [1.29, 1.82) is 0 Å². The van der Waals surface area contributed by atoms with Gasteiger partial charge in [-0.2, -0.15) is 5.10 Å². The quantitative estimate of drug-likeness (QED) is 0.759. The van der Waals surface area contributed by atoms with E-state index in [9.17, 15) is 0 Å². The van der Waals surface area contributed by atoms with Crippen LogP contribution in [-0.2, 0) is 13.0 Å². The number of nitrogens with zero attached hydrogens (tertiary/aromatic N) is 4. The fourth-order valence-electron chi connectivity index (χ4n) is 3.03. The van der Waals surface area contributed by atoms with Crippen LogP contribution in [0.4, 0.5) is 0 Å². The van der Waals surface area contributed by atoms with E-state index in [4.69, 9.17) is 5.73 Å². The van der Waals surface area contributed by atoms with Crippen LogP contribution in [0, 0.1) is 5.92 Å². The highest BCUT2D eigenvalue weighted by Gasteiger charge is 2.35. The molecule has 21 heavy (non-hydrogen) atoms. The second kappa shape index (κ2) is 7.90. The average Bonchev–Trinajstić information content (AvgIpc) is 2.86. The fourth-order valence-corrected chi connectivity index (χ4v) is 3.03. The Morgan fingerprint density at radius 3 is 2.38 bits per heavy atom. The standard InChI is InChI=1S/C16H33N5/c1-7-16(6,20(8-2)9-3)14(17)10-15-18-12-19-21(15)11-13(4)5/h12-14H,7-11,17H2,1-6H3. The van der Waals surface area contributed by atoms with Gasteiger partial charge in [-0.1, -0.05) is 34.6 Å². The smallest absolute Gasteiger partial charge is 0.138 e. The Morgan fingerprint density at radius 1 is 1.29 bits per heavy atom. The van der Waals surface area contributed by atoms with Crippen LogP contribution in [0.5, 0.6) is 0 Å². The van der Waals surface area contributed by atoms with Gasteiger partial charge in [0.25, 0.3) is 0 Å². The minimum absolute atomic E-state index is 0.00187. The SMILES string of the molecule is CCN(CC)C(C)(CC)C(N)Cc1ncnn1CC(C)C. The van der Waals surface area contributed by atoms with Gasteiger partial charge in [0.15, 0.2) is 0 Å². The maximum absolute atomic E-state index is 6.58. The van der Waals surface area contributed by atoms with E-state index in [0.29, 0.717) is 5.92 Å². The van der Waals surface area contributed by atoms with Gasteiger partial charge in [0.2, 0.25) is 0 Å². The van der Waals surface area contributed by atoms with Gasteiger partial charge in [-0.05, 0) is 32.4 Å². The summed E-state index contributed by atoms with van der Waals surface area (Å²) in [6.07, 6.45) is 3.45. The van der Waals surface area contributed by atoms with Crippen molar-refractivity contribution in [3.63, 3.8) is 0 Å². The van der Waals surface area contributed by atoms with Crippen LogP contribution in [0.3, 0.4) is 0 Å². The second-order valence-corrected chi connectivity index (χ2v) is 6.45. The average molecular weight is 295 g/mol. The zero-order chi connectivity index (χ0) is 16.0. The van der Waals surface area contributed by atoms with Crippen LogP contribution in [0.15, 0.2) is 6.33 Å². The highest BCUT2D eigenvalue weighted by Crippen LogP contribution is 2.24. The zero-order valence-electron chi connectivity index (χ0n) is 14.6. The largest absolute Gasteiger partial charge is 0.326 e. The first-order valence-electron chi connectivity index (χ1n) is 8.26. The lowest BCUT2D eigenvalue weighted by Gasteiger charge is -2.44. The van der Waals surface area contributed by atoms with E-state index in [1.54, 1.807) is 6.33 Å². The number of hydrogen-bond acceptors (Lipinski definition) is 4. The molecule has 5 nitrogen and oxygen atoms in total. The lowest BCUT2D eigenvalue weighted by Crippen LogP contribution is -2.58. The Balaban J connectivity index is 2.88. The third-order valence-electron chi connectivity index (χ3n) is 4.64. The number of nitrogens with two attached hydrogens (primary N) is 1. The van der Waals surface area contributed by atoms with Crippen LogP contribution < -0.4 is 5.73 Å². The van der Waals surface area contributed by atoms with Crippen LogP contribution in [0.2, 0.25) is 0 Å². The highest BCUT2D eigenvalue weighted by atomic mass is 15.3. The van der Waals surface area contributed by atoms with Crippen molar-refractivity contribution in [1.82, 2.24) is 19.7 Å². The number of likely N-dealkylation sites (N-methyl/N-ethyl adjacent to an activating group) is 1. The molecule has 0 saturated carbocycles. The first-order valence-corrected chi connectivity index (χ1v) is 8.26. The molecular formula is C16H33N5. The van der Waals surface area contributed by atoms with Gasteiger partial charge in [-0.3, -0.25) is 4.90 Å². The van der Waals surface area contributed by atoms with Crippen molar-refractivity contribution in [2.45, 2.75) is 72.5 Å². The maximum atomic E-state index is 6.58. The Morgan fingerprint density at radius 2 is 1.90 bits per heavy atom. The molecule has 0 aliphatic rings. The van der Waals surface area contributed by atoms with Gasteiger partial charge in [-0.25, -0.2) is 9.67 Å². The predicted octanol–water partition coefficient (Wildman–Crippen LogP) is 2.31. The summed E-state index contributed by atoms with van der Waals surface area (Å²) in [5.74, 6) is 1.56. The molecule has 1 rings (SSSR count). The number of rotatable bonds is 9. The molecule has 2 N–H and O–H groups in total. The maximum Gasteiger partial charge on any atom is 0.138 e. The summed E-state index contributed by atoms with van der Waals surface area (Å²) in [4.78, 5) is 6.88. The van der Waals surface area contributed by atoms with E-state index >= 15 is 0 Å². The van der Waals surface area contributed by atoms with Crippen molar-refractivity contribution >= 4 is 0 Å². The molecule has 0 fully saturated rings. The van der Waals surface area contributed by atoms with E-state index in [-0.39, 0.29) is 11.6 Å². The number of aromatic nitrogens is 3. The number of hydrogen-bond donors (Lipinski definition) is 1. The second-order valence-electron chi connectivity index (χ2n) is 6.45. The summed E-state index contributed by atoms with van der Waals surface area (Å²) in [5, 5.41) is 4.34. The zero-order valence-corrected chi connectivity index (χ0v) is 14.6. The van der Waals surface area contributed by atoms with Crippen LogP contribution in [0.25, 0.3) is 0 Å². The summed E-state index contributed by atoms with van der Waals surface area (Å²) in [6, 6.07) is 0.0533. The molecule has 2 atom stereocenters. The Labute approximate surface area is 129 Å². The van der Waals surface area contributed by atoms with Gasteiger partial charge >= 0.3 is 0 Å². The van der Waals surface area contributed by atoms with Crippen molar-refractivity contribution in [3.05, 3.63) is 12.2 Å². The normalized spacial score (nSPS) is 16.4. The summed E-state index contributed by atoms with van der Waals surface area (Å²) >= 11 is 0. The third-order valence-corrected chi connectivity index (χ3v) is 4.64. The molecule has 0 aromatic carbocycles. The van der Waals surface area contributed by atoms with E-state index in [0.717, 1.165) is 38.3 Å². The van der Waals surface area contributed by atoms with Crippen molar-refractivity contribution in [2.75, 3.05) is 13.1 Å². The molecule has 1 aromatic rings. The van der Waals surface area contributed by atoms with Gasteiger partial charge < -0.3 is 5.73 Å². The van der Waals surface area contributed by atoms with Crippen molar-refractivity contribution in [3.8, 4) is 0 Å².